The van der Waals surface area contributed by atoms with Crippen molar-refractivity contribution < 1.29 is 8.42 Å². The molecule has 1 aromatic rings. The number of imidazole rings is 1. The van der Waals surface area contributed by atoms with Crippen LogP contribution < -0.4 is 5.73 Å². The highest BCUT2D eigenvalue weighted by molar-refractivity contribution is 7.89. The Morgan fingerprint density at radius 2 is 2.38 bits per heavy atom. The summed E-state index contributed by atoms with van der Waals surface area (Å²) in [6.45, 7) is 2.03. The van der Waals surface area contributed by atoms with Crippen LogP contribution in [0.4, 0.5) is 0 Å². The number of sulfonamides is 1. The second kappa shape index (κ2) is 4.89. The van der Waals surface area contributed by atoms with Crippen molar-refractivity contribution in [2.24, 2.45) is 11.7 Å². The van der Waals surface area contributed by atoms with Gasteiger partial charge in [-0.25, -0.2) is 13.4 Å². The van der Waals surface area contributed by atoms with E-state index in [0.717, 1.165) is 0 Å². The third-order valence-corrected chi connectivity index (χ3v) is 4.33. The molecule has 0 aromatic carbocycles. The summed E-state index contributed by atoms with van der Waals surface area (Å²) in [5, 5.41) is 0.0603. The quantitative estimate of drug-likeness (QED) is 0.726. The Hall–Kier alpha value is -0.990. The van der Waals surface area contributed by atoms with Gasteiger partial charge >= 0.3 is 0 Å². The van der Waals surface area contributed by atoms with E-state index >= 15 is 0 Å². The predicted octanol–water partition coefficient (Wildman–Crippen LogP) is -0.0476. The average molecular weight is 262 g/mol. The number of nitrogens with two attached hydrogens (primary N) is 1. The third kappa shape index (κ3) is 2.77. The fraction of sp³-hybridized carbons (Fsp3) is 0.500. The molecule has 1 heterocycles. The summed E-state index contributed by atoms with van der Waals surface area (Å²) in [4.78, 5) is 6.53. The fourth-order valence-corrected chi connectivity index (χ4v) is 2.35. The van der Waals surface area contributed by atoms with Gasteiger partial charge in [0.1, 0.15) is 0 Å². The molecule has 0 spiro atoms. The van der Waals surface area contributed by atoms with Crippen molar-refractivity contribution >= 4 is 27.2 Å². The number of H-pyrrole nitrogens is 1. The van der Waals surface area contributed by atoms with Gasteiger partial charge in [-0.05, 0) is 0 Å². The molecule has 1 rings (SSSR count). The van der Waals surface area contributed by atoms with E-state index in [0.29, 0.717) is 4.99 Å². The summed E-state index contributed by atoms with van der Waals surface area (Å²) in [7, 11) is -2.05. The highest BCUT2D eigenvalue weighted by Crippen LogP contribution is 2.12. The van der Waals surface area contributed by atoms with Crippen molar-refractivity contribution in [2.45, 2.75) is 11.9 Å². The molecule has 0 amide bonds. The van der Waals surface area contributed by atoms with Gasteiger partial charge in [-0.15, -0.1) is 0 Å². The zero-order valence-electron chi connectivity index (χ0n) is 9.04. The van der Waals surface area contributed by atoms with Gasteiger partial charge in [0, 0.05) is 19.5 Å². The van der Waals surface area contributed by atoms with E-state index in [1.165, 1.54) is 23.9 Å². The molecule has 1 aromatic heterocycles. The van der Waals surface area contributed by atoms with E-state index in [2.05, 4.69) is 9.97 Å². The maximum Gasteiger partial charge on any atom is 0.259 e. The summed E-state index contributed by atoms with van der Waals surface area (Å²) in [5.41, 5.74) is 5.44. The van der Waals surface area contributed by atoms with Gasteiger partial charge in [-0.1, -0.05) is 19.1 Å². The van der Waals surface area contributed by atoms with Gasteiger partial charge in [0.25, 0.3) is 10.0 Å². The Labute approximate surface area is 99.9 Å². The second-order valence-electron chi connectivity index (χ2n) is 3.50. The van der Waals surface area contributed by atoms with Gasteiger partial charge in [-0.3, -0.25) is 0 Å². The molecule has 1 unspecified atom stereocenters. The standard InChI is InChI=1S/C8H14N4O2S2/c1-6(8(9)15)4-12(2)16(13,14)7-3-10-5-11-7/h3,5-6H,4H2,1-2H3,(H2,9,15)(H,10,11). The van der Waals surface area contributed by atoms with Gasteiger partial charge in [0.2, 0.25) is 0 Å². The molecular weight excluding hydrogens is 248 g/mol. The van der Waals surface area contributed by atoms with Crippen LogP contribution in [0.15, 0.2) is 17.6 Å². The second-order valence-corrected chi connectivity index (χ2v) is 5.99. The number of aromatic amines is 1. The van der Waals surface area contributed by atoms with Crippen LogP contribution >= 0.6 is 12.2 Å². The van der Waals surface area contributed by atoms with E-state index in [-0.39, 0.29) is 17.5 Å². The maximum atomic E-state index is 11.9. The molecule has 0 bridgehead atoms. The molecule has 0 aliphatic heterocycles. The molecule has 6 nitrogen and oxygen atoms in total. The number of aromatic nitrogens is 2. The molecule has 3 N–H and O–H groups in total. The molecule has 16 heavy (non-hydrogen) atoms. The monoisotopic (exact) mass is 262 g/mol. The lowest BCUT2D eigenvalue weighted by atomic mass is 10.2. The first-order valence-electron chi connectivity index (χ1n) is 4.59. The van der Waals surface area contributed by atoms with E-state index in [9.17, 15) is 8.42 Å². The molecule has 0 saturated heterocycles. The summed E-state index contributed by atoms with van der Waals surface area (Å²) in [6.07, 6.45) is 2.58. The fourth-order valence-electron chi connectivity index (χ4n) is 1.13. The number of rotatable bonds is 5. The number of thiocarbonyl (C=S) groups is 1. The van der Waals surface area contributed by atoms with Crippen LogP contribution in [0, 0.1) is 5.92 Å². The smallest absolute Gasteiger partial charge is 0.259 e. The molecule has 1 atom stereocenters. The summed E-state index contributed by atoms with van der Waals surface area (Å²) in [6, 6.07) is 0. The lowest BCUT2D eigenvalue weighted by molar-refractivity contribution is 0.443. The predicted molar refractivity (Wildman–Crippen MR) is 64.4 cm³/mol. The van der Waals surface area contributed by atoms with E-state index < -0.39 is 10.0 Å². The van der Waals surface area contributed by atoms with E-state index in [4.69, 9.17) is 18.0 Å². The maximum absolute atomic E-state index is 11.9. The molecule has 0 aliphatic carbocycles. The normalized spacial score (nSPS) is 13.9. The lowest BCUT2D eigenvalue weighted by Crippen LogP contribution is -2.35. The van der Waals surface area contributed by atoms with Crippen molar-refractivity contribution in [2.75, 3.05) is 13.6 Å². The first kappa shape index (κ1) is 13.1. The van der Waals surface area contributed by atoms with Crippen LogP contribution in [0.3, 0.4) is 0 Å². The van der Waals surface area contributed by atoms with Crippen LogP contribution in [-0.2, 0) is 10.0 Å². The van der Waals surface area contributed by atoms with Crippen LogP contribution in [0.2, 0.25) is 0 Å². The number of nitrogens with zero attached hydrogens (tertiary/aromatic N) is 2. The largest absolute Gasteiger partial charge is 0.393 e. The molecule has 0 radical (unpaired) electrons. The molecule has 8 heteroatoms. The highest BCUT2D eigenvalue weighted by Gasteiger charge is 2.24. The van der Waals surface area contributed by atoms with E-state index in [1.54, 1.807) is 6.92 Å². The Balaban J connectivity index is 2.82. The van der Waals surface area contributed by atoms with Crippen LogP contribution in [0.5, 0.6) is 0 Å². The zero-order chi connectivity index (χ0) is 12.3. The molecule has 0 aliphatic rings. The average Bonchev–Trinajstić information content (AvgIpc) is 2.70. The Bertz CT molecular complexity index is 454. The third-order valence-electron chi connectivity index (χ3n) is 2.18. The van der Waals surface area contributed by atoms with Crippen molar-refractivity contribution in [1.82, 2.24) is 14.3 Å². The van der Waals surface area contributed by atoms with Crippen LogP contribution in [-0.4, -0.2) is 41.3 Å². The number of hydrogen-bond donors (Lipinski definition) is 2. The first-order valence-corrected chi connectivity index (χ1v) is 6.44. The topological polar surface area (TPSA) is 92.1 Å². The Morgan fingerprint density at radius 3 is 2.81 bits per heavy atom. The molecule has 90 valence electrons. The van der Waals surface area contributed by atoms with Gasteiger partial charge < -0.3 is 10.7 Å². The molecule has 0 fully saturated rings. The molecule has 0 saturated carbocycles. The van der Waals surface area contributed by atoms with Crippen molar-refractivity contribution in [3.05, 3.63) is 12.5 Å². The minimum atomic E-state index is -3.52. The minimum absolute atomic E-state index is 0.0603. The van der Waals surface area contributed by atoms with E-state index in [1.807, 2.05) is 0 Å². The summed E-state index contributed by atoms with van der Waals surface area (Å²) < 4.78 is 25.0. The first-order chi connectivity index (χ1) is 7.35. The zero-order valence-corrected chi connectivity index (χ0v) is 10.7. The summed E-state index contributed by atoms with van der Waals surface area (Å²) in [5.74, 6) is -0.169. The minimum Gasteiger partial charge on any atom is -0.393 e. The van der Waals surface area contributed by atoms with Crippen molar-refractivity contribution in [3.63, 3.8) is 0 Å². The van der Waals surface area contributed by atoms with Gasteiger partial charge in [0.05, 0.1) is 17.5 Å². The van der Waals surface area contributed by atoms with Crippen LogP contribution in [0.25, 0.3) is 0 Å². The Kier molecular flexibility index (Phi) is 4.00. The SMILES string of the molecule is CC(CN(C)S(=O)(=O)c1cnc[nH]1)C(N)=S. The van der Waals surface area contributed by atoms with Crippen molar-refractivity contribution in [3.8, 4) is 0 Å². The Morgan fingerprint density at radius 1 is 1.75 bits per heavy atom. The number of nitrogens with one attached hydrogen (secondary N) is 1. The van der Waals surface area contributed by atoms with Crippen molar-refractivity contribution in [1.29, 1.82) is 0 Å². The van der Waals surface area contributed by atoms with Gasteiger partial charge in [-0.2, -0.15) is 4.31 Å². The lowest BCUT2D eigenvalue weighted by Gasteiger charge is -2.19. The van der Waals surface area contributed by atoms with Gasteiger partial charge in [0.15, 0.2) is 5.03 Å². The molecular formula is C8H14N4O2S2. The summed E-state index contributed by atoms with van der Waals surface area (Å²) >= 11 is 4.80. The van der Waals surface area contributed by atoms with Crippen LogP contribution in [0.1, 0.15) is 6.92 Å². The highest BCUT2D eigenvalue weighted by atomic mass is 32.2. The number of hydrogen-bond acceptors (Lipinski definition) is 4.